The topological polar surface area (TPSA) is 74.5 Å². The zero-order chi connectivity index (χ0) is 25.6. The minimum atomic E-state index is -5.11. The van der Waals surface area contributed by atoms with Gasteiger partial charge in [0, 0.05) is 49.6 Å². The molecule has 4 heterocycles. The van der Waals surface area contributed by atoms with Crippen molar-refractivity contribution in [3.8, 4) is 22.8 Å². The average molecular weight is 507 g/mol. The lowest BCUT2D eigenvalue weighted by atomic mass is 10.0. The Morgan fingerprint density at radius 3 is 2.69 bits per heavy atom. The molecule has 36 heavy (non-hydrogen) atoms. The summed E-state index contributed by atoms with van der Waals surface area (Å²) in [7, 11) is 2.72. The molecule has 3 aromatic heterocycles. The minimum Gasteiger partial charge on any atom is -0.489 e. The summed E-state index contributed by atoms with van der Waals surface area (Å²) in [4.78, 5) is 10.4. The number of halogens is 5. The van der Waals surface area contributed by atoms with Crippen LogP contribution in [0.15, 0.2) is 36.8 Å². The summed E-state index contributed by atoms with van der Waals surface area (Å²) >= 11 is 0. The summed E-state index contributed by atoms with van der Waals surface area (Å²) in [6.45, 7) is 0.223. The van der Waals surface area contributed by atoms with Gasteiger partial charge in [-0.2, -0.15) is 18.3 Å². The van der Waals surface area contributed by atoms with E-state index in [0.29, 0.717) is 42.0 Å². The van der Waals surface area contributed by atoms with E-state index in [1.807, 2.05) is 4.90 Å². The number of nitrogens with zero attached hydrogens (tertiary/aromatic N) is 5. The lowest BCUT2D eigenvalue weighted by Crippen LogP contribution is -2.29. The summed E-state index contributed by atoms with van der Waals surface area (Å²) in [5.74, 6) is -3.28. The van der Waals surface area contributed by atoms with Crippen LogP contribution in [-0.2, 0) is 18.0 Å². The third-order valence-electron chi connectivity index (χ3n) is 5.66. The van der Waals surface area contributed by atoms with Crippen molar-refractivity contribution in [2.75, 3.05) is 32.0 Å². The van der Waals surface area contributed by atoms with Crippen molar-refractivity contribution in [1.82, 2.24) is 19.7 Å². The van der Waals surface area contributed by atoms with E-state index < -0.39 is 41.5 Å². The smallest absolute Gasteiger partial charge is 0.419 e. The lowest BCUT2D eigenvalue weighted by molar-refractivity contribution is -0.140. The van der Waals surface area contributed by atoms with Crippen LogP contribution in [0.1, 0.15) is 5.56 Å². The van der Waals surface area contributed by atoms with Gasteiger partial charge in [-0.25, -0.2) is 13.8 Å². The van der Waals surface area contributed by atoms with Crippen molar-refractivity contribution in [3.63, 3.8) is 0 Å². The molecule has 0 unspecified atom stereocenters. The lowest BCUT2D eigenvalue weighted by Gasteiger charge is -2.29. The van der Waals surface area contributed by atoms with Crippen LogP contribution in [0.2, 0.25) is 0 Å². The molecule has 0 radical (unpaired) electrons. The number of pyridine rings is 2. The van der Waals surface area contributed by atoms with Crippen molar-refractivity contribution >= 4 is 22.4 Å². The van der Waals surface area contributed by atoms with Crippen LogP contribution in [-0.4, -0.2) is 46.8 Å². The molecule has 1 aliphatic heterocycles. The molecule has 13 heteroatoms. The van der Waals surface area contributed by atoms with Crippen LogP contribution in [0.4, 0.5) is 33.5 Å². The Morgan fingerprint density at radius 1 is 1.14 bits per heavy atom. The van der Waals surface area contributed by atoms with E-state index in [-0.39, 0.29) is 11.1 Å². The third kappa shape index (κ3) is 3.94. The quantitative estimate of drug-likeness (QED) is 0.283. The molecular formula is C23H18F5N5O3. The summed E-state index contributed by atoms with van der Waals surface area (Å²) < 4.78 is 87.0. The monoisotopic (exact) mass is 507 g/mol. The number of benzene rings is 1. The van der Waals surface area contributed by atoms with E-state index in [4.69, 9.17) is 9.47 Å². The number of rotatable bonds is 5. The SMILES string of the molecule is COCOc1c(F)c(-c2nn(C)c3cc(N4CCOc5ccncc54)ncc23)cc(C(F)(F)F)c1F. The standard InChI is InChI=1S/C23H18F5N5O3/c1-32-15-8-18(33-5-6-35-17-3-4-29-10-16(17)33)30-9-13(15)21(31-32)12-7-14(23(26,27)28)20(25)22(19(12)24)36-11-34-2/h3-4,7-10H,5-6,11H2,1-2H3. The molecule has 188 valence electrons. The average Bonchev–Trinajstić information content (AvgIpc) is 3.18. The van der Waals surface area contributed by atoms with Gasteiger partial charge in [0.05, 0.1) is 23.8 Å². The molecule has 0 fully saturated rings. The molecule has 8 nitrogen and oxygen atoms in total. The fourth-order valence-corrected chi connectivity index (χ4v) is 4.03. The highest BCUT2D eigenvalue weighted by molar-refractivity contribution is 5.95. The molecule has 0 saturated heterocycles. The largest absolute Gasteiger partial charge is 0.489 e. The highest BCUT2D eigenvalue weighted by Crippen LogP contribution is 2.43. The molecule has 5 rings (SSSR count). The van der Waals surface area contributed by atoms with E-state index in [2.05, 4.69) is 19.8 Å². The highest BCUT2D eigenvalue weighted by Gasteiger charge is 2.38. The second-order valence-corrected chi connectivity index (χ2v) is 7.85. The van der Waals surface area contributed by atoms with Gasteiger partial charge in [0.1, 0.15) is 29.6 Å². The Kier molecular flexibility index (Phi) is 5.86. The summed E-state index contributed by atoms with van der Waals surface area (Å²) in [5.41, 5.74) is -1.27. The van der Waals surface area contributed by atoms with Gasteiger partial charge in [-0.15, -0.1) is 0 Å². The molecule has 0 aliphatic carbocycles. The first-order valence-corrected chi connectivity index (χ1v) is 10.6. The fourth-order valence-electron chi connectivity index (χ4n) is 4.03. The van der Waals surface area contributed by atoms with Gasteiger partial charge in [0.25, 0.3) is 0 Å². The molecule has 0 saturated carbocycles. The highest BCUT2D eigenvalue weighted by atomic mass is 19.4. The molecule has 0 N–H and O–H groups in total. The van der Waals surface area contributed by atoms with Crippen molar-refractivity contribution in [2.24, 2.45) is 7.05 Å². The number of aromatic nitrogens is 4. The zero-order valence-electron chi connectivity index (χ0n) is 18.9. The Bertz CT molecular complexity index is 1460. The summed E-state index contributed by atoms with van der Waals surface area (Å²) in [5, 5.41) is 4.49. The second kappa shape index (κ2) is 8.90. The van der Waals surface area contributed by atoms with Crippen LogP contribution in [0.3, 0.4) is 0 Å². The van der Waals surface area contributed by atoms with E-state index in [9.17, 15) is 17.6 Å². The van der Waals surface area contributed by atoms with Crippen LogP contribution >= 0.6 is 0 Å². The molecule has 0 spiro atoms. The van der Waals surface area contributed by atoms with E-state index >= 15 is 4.39 Å². The number of methoxy groups -OCH3 is 1. The normalized spacial score (nSPS) is 13.6. The number of aryl methyl sites for hydroxylation is 1. The molecule has 1 aliphatic rings. The maximum atomic E-state index is 15.3. The number of anilines is 2. The molecule has 0 bridgehead atoms. The fraction of sp³-hybridized carbons (Fsp3) is 0.261. The van der Waals surface area contributed by atoms with Crippen molar-refractivity contribution < 1.29 is 36.2 Å². The molecule has 1 aromatic carbocycles. The Balaban J connectivity index is 1.66. The minimum absolute atomic E-state index is 0.152. The second-order valence-electron chi connectivity index (χ2n) is 7.85. The van der Waals surface area contributed by atoms with Gasteiger partial charge < -0.3 is 19.1 Å². The van der Waals surface area contributed by atoms with Crippen molar-refractivity contribution in [3.05, 3.63) is 54.0 Å². The Labute approximate surface area is 200 Å². The van der Waals surface area contributed by atoms with Gasteiger partial charge in [-0.3, -0.25) is 9.67 Å². The van der Waals surface area contributed by atoms with Crippen LogP contribution < -0.4 is 14.4 Å². The Hall–Kier alpha value is -4.00. The maximum absolute atomic E-state index is 15.3. The summed E-state index contributed by atoms with van der Waals surface area (Å²) in [6.07, 6.45) is -0.498. The number of alkyl halides is 3. The number of fused-ring (bicyclic) bond motifs is 2. The first-order valence-electron chi connectivity index (χ1n) is 10.6. The zero-order valence-corrected chi connectivity index (χ0v) is 18.9. The van der Waals surface area contributed by atoms with E-state index in [1.54, 1.807) is 31.6 Å². The van der Waals surface area contributed by atoms with Gasteiger partial charge >= 0.3 is 6.18 Å². The van der Waals surface area contributed by atoms with Crippen LogP contribution in [0.5, 0.6) is 11.5 Å². The predicted octanol–water partition coefficient (Wildman–Crippen LogP) is 4.84. The first kappa shape index (κ1) is 23.7. The van der Waals surface area contributed by atoms with E-state index in [1.165, 1.54) is 18.0 Å². The number of hydrogen-bond acceptors (Lipinski definition) is 7. The van der Waals surface area contributed by atoms with Gasteiger partial charge in [-0.05, 0) is 6.07 Å². The number of hydrogen-bond donors (Lipinski definition) is 0. The van der Waals surface area contributed by atoms with Crippen LogP contribution in [0.25, 0.3) is 22.2 Å². The maximum Gasteiger partial charge on any atom is 0.419 e. The van der Waals surface area contributed by atoms with Crippen molar-refractivity contribution in [1.29, 1.82) is 0 Å². The van der Waals surface area contributed by atoms with Crippen molar-refractivity contribution in [2.45, 2.75) is 6.18 Å². The summed E-state index contributed by atoms with van der Waals surface area (Å²) in [6, 6.07) is 3.77. The third-order valence-corrected chi connectivity index (χ3v) is 5.66. The first-order chi connectivity index (χ1) is 17.2. The number of ether oxygens (including phenoxy) is 3. The van der Waals surface area contributed by atoms with Gasteiger partial charge in [0.2, 0.25) is 0 Å². The molecule has 0 amide bonds. The molecule has 4 aromatic rings. The predicted molar refractivity (Wildman–Crippen MR) is 118 cm³/mol. The Morgan fingerprint density at radius 2 is 1.94 bits per heavy atom. The molecule has 0 atom stereocenters. The van der Waals surface area contributed by atoms with Gasteiger partial charge in [-0.1, -0.05) is 0 Å². The molecular weight excluding hydrogens is 489 g/mol. The van der Waals surface area contributed by atoms with Crippen LogP contribution in [0, 0.1) is 11.6 Å². The van der Waals surface area contributed by atoms with E-state index in [0.717, 1.165) is 0 Å². The van der Waals surface area contributed by atoms with Gasteiger partial charge in [0.15, 0.2) is 24.2 Å².